The highest BCUT2D eigenvalue weighted by molar-refractivity contribution is 6.30. The summed E-state index contributed by atoms with van der Waals surface area (Å²) in [5.41, 5.74) is 4.01. The third kappa shape index (κ3) is 3.73. The van der Waals surface area contributed by atoms with Crippen LogP contribution in [0.1, 0.15) is 21.5 Å². The number of rotatable bonds is 5. The number of hydrogen-bond donors (Lipinski definition) is 1. The van der Waals surface area contributed by atoms with Crippen molar-refractivity contribution < 1.29 is 14.3 Å². The van der Waals surface area contributed by atoms with Gasteiger partial charge in [0.1, 0.15) is 10.9 Å². The molecule has 2 aromatic carbocycles. The van der Waals surface area contributed by atoms with Crippen LogP contribution in [0, 0.1) is 6.92 Å². The number of fused-ring (bicyclic) bond motifs is 1. The molecule has 0 bridgehead atoms. The van der Waals surface area contributed by atoms with Gasteiger partial charge in [-0.2, -0.15) is 0 Å². The Balaban J connectivity index is 1.85. The molecule has 0 saturated carbocycles. The smallest absolute Gasteiger partial charge is 0.337 e. The molecule has 0 fully saturated rings. The van der Waals surface area contributed by atoms with E-state index in [-0.39, 0.29) is 5.97 Å². The van der Waals surface area contributed by atoms with Gasteiger partial charge in [-0.05, 0) is 42.8 Å². The highest BCUT2D eigenvalue weighted by Gasteiger charge is 2.10. The fourth-order valence-electron chi connectivity index (χ4n) is 2.67. The predicted octanol–water partition coefficient (Wildman–Crippen LogP) is 4.60. The fraction of sp³-hybridized carbons (Fsp3) is 0.200. The Labute approximate surface area is 156 Å². The van der Waals surface area contributed by atoms with E-state index in [1.807, 2.05) is 37.3 Å². The Bertz CT molecular complexity index is 973. The number of nitrogens with zero attached hydrogens (tertiary/aromatic N) is 1. The highest BCUT2D eigenvalue weighted by Crippen LogP contribution is 2.25. The third-order valence-electron chi connectivity index (χ3n) is 4.18. The van der Waals surface area contributed by atoms with E-state index in [1.54, 1.807) is 19.2 Å². The van der Waals surface area contributed by atoms with Crippen LogP contribution in [-0.2, 0) is 11.3 Å². The van der Waals surface area contributed by atoms with Gasteiger partial charge in [-0.3, -0.25) is 0 Å². The van der Waals surface area contributed by atoms with Crippen molar-refractivity contribution >= 4 is 34.2 Å². The summed E-state index contributed by atoms with van der Waals surface area (Å²) in [5.74, 6) is 0.370. The minimum absolute atomic E-state index is 0.368. The van der Waals surface area contributed by atoms with E-state index in [0.717, 1.165) is 33.5 Å². The lowest BCUT2D eigenvalue weighted by Gasteiger charge is -2.13. The van der Waals surface area contributed by atoms with Crippen molar-refractivity contribution in [3.63, 3.8) is 0 Å². The molecule has 5 nitrogen and oxygen atoms in total. The van der Waals surface area contributed by atoms with Crippen LogP contribution in [0.4, 0.5) is 5.69 Å². The third-order valence-corrected chi connectivity index (χ3v) is 4.51. The number of benzene rings is 2. The number of aromatic nitrogens is 1. The first kappa shape index (κ1) is 18.0. The monoisotopic (exact) mass is 370 g/mol. The van der Waals surface area contributed by atoms with E-state index >= 15 is 0 Å². The maximum absolute atomic E-state index is 11.7. The fourth-order valence-corrected chi connectivity index (χ4v) is 2.88. The largest absolute Gasteiger partial charge is 0.497 e. The molecule has 0 saturated heterocycles. The summed E-state index contributed by atoms with van der Waals surface area (Å²) in [6.45, 7) is 2.45. The van der Waals surface area contributed by atoms with E-state index in [2.05, 4.69) is 10.3 Å². The minimum Gasteiger partial charge on any atom is -0.497 e. The number of ether oxygens (including phenoxy) is 2. The van der Waals surface area contributed by atoms with Crippen LogP contribution in [0.25, 0.3) is 10.9 Å². The first-order valence-electron chi connectivity index (χ1n) is 8.08. The van der Waals surface area contributed by atoms with E-state index in [1.165, 1.54) is 7.11 Å². The molecule has 0 spiro atoms. The number of hydrogen-bond acceptors (Lipinski definition) is 5. The minimum atomic E-state index is -0.368. The lowest BCUT2D eigenvalue weighted by molar-refractivity contribution is 0.0601. The maximum atomic E-state index is 11.7. The van der Waals surface area contributed by atoms with Crippen LogP contribution in [0.15, 0.2) is 42.5 Å². The van der Waals surface area contributed by atoms with Gasteiger partial charge in [0.15, 0.2) is 0 Å². The summed E-state index contributed by atoms with van der Waals surface area (Å²) < 4.78 is 9.99. The molecule has 6 heteroatoms. The molecule has 1 N–H and O–H groups in total. The summed E-state index contributed by atoms with van der Waals surface area (Å²) in [5, 5.41) is 4.73. The number of aryl methyl sites for hydroxylation is 1. The lowest BCUT2D eigenvalue weighted by atomic mass is 10.1. The van der Waals surface area contributed by atoms with Crippen molar-refractivity contribution in [1.29, 1.82) is 0 Å². The molecule has 26 heavy (non-hydrogen) atoms. The second-order valence-electron chi connectivity index (χ2n) is 5.87. The van der Waals surface area contributed by atoms with Gasteiger partial charge in [0.2, 0.25) is 0 Å². The Morgan fingerprint density at radius 2 is 1.96 bits per heavy atom. The number of methoxy groups -OCH3 is 2. The van der Waals surface area contributed by atoms with E-state index in [0.29, 0.717) is 17.3 Å². The number of halogens is 1. The summed E-state index contributed by atoms with van der Waals surface area (Å²) in [4.78, 5) is 16.2. The topological polar surface area (TPSA) is 60.5 Å². The van der Waals surface area contributed by atoms with Crippen LogP contribution < -0.4 is 10.1 Å². The molecule has 0 atom stereocenters. The van der Waals surface area contributed by atoms with E-state index in [4.69, 9.17) is 21.1 Å². The zero-order valence-corrected chi connectivity index (χ0v) is 15.6. The first-order valence-corrected chi connectivity index (χ1v) is 8.45. The van der Waals surface area contributed by atoms with Gasteiger partial charge < -0.3 is 14.8 Å². The first-order chi connectivity index (χ1) is 12.5. The van der Waals surface area contributed by atoms with Crippen LogP contribution in [0.5, 0.6) is 5.75 Å². The van der Waals surface area contributed by atoms with Crippen molar-refractivity contribution in [2.24, 2.45) is 0 Å². The molecule has 0 radical (unpaired) electrons. The van der Waals surface area contributed by atoms with Gasteiger partial charge in [0.05, 0.1) is 25.3 Å². The van der Waals surface area contributed by atoms with Crippen molar-refractivity contribution in [3.05, 3.63) is 64.3 Å². The Kier molecular flexibility index (Phi) is 5.28. The summed E-state index contributed by atoms with van der Waals surface area (Å²) >= 11 is 6.34. The van der Waals surface area contributed by atoms with Gasteiger partial charge in [0, 0.05) is 29.2 Å². The summed E-state index contributed by atoms with van der Waals surface area (Å²) in [7, 11) is 2.98. The molecular formula is C20H19ClN2O3. The van der Waals surface area contributed by atoms with E-state index in [9.17, 15) is 4.79 Å². The van der Waals surface area contributed by atoms with Crippen molar-refractivity contribution in [2.75, 3.05) is 19.5 Å². The standard InChI is InChI=1S/C20H19ClN2O3/c1-12-4-5-14(20(24)26-3)9-17(12)22-11-15-8-13-6-7-16(25-2)10-18(13)23-19(15)21/h4-10,22H,11H2,1-3H3. The number of nitrogens with one attached hydrogen (secondary N) is 1. The zero-order chi connectivity index (χ0) is 18.7. The van der Waals surface area contributed by atoms with Gasteiger partial charge in [-0.15, -0.1) is 0 Å². The molecule has 0 unspecified atom stereocenters. The van der Waals surface area contributed by atoms with Gasteiger partial charge in [-0.25, -0.2) is 9.78 Å². The molecule has 0 aliphatic carbocycles. The second kappa shape index (κ2) is 7.62. The van der Waals surface area contributed by atoms with Crippen molar-refractivity contribution in [2.45, 2.75) is 13.5 Å². The molecule has 3 rings (SSSR count). The average Bonchev–Trinajstić information content (AvgIpc) is 2.66. The molecule has 1 aromatic heterocycles. The van der Waals surface area contributed by atoms with Gasteiger partial charge in [-0.1, -0.05) is 17.7 Å². The van der Waals surface area contributed by atoms with Gasteiger partial charge >= 0.3 is 5.97 Å². The molecule has 3 aromatic rings. The molecule has 0 amide bonds. The molecule has 0 aliphatic rings. The Morgan fingerprint density at radius 3 is 2.69 bits per heavy atom. The SMILES string of the molecule is COC(=O)c1ccc(C)c(NCc2cc3ccc(OC)cc3nc2Cl)c1. The van der Waals surface area contributed by atoms with Crippen LogP contribution in [0.3, 0.4) is 0 Å². The number of carbonyl (C=O) groups excluding carboxylic acids is 1. The molecular weight excluding hydrogens is 352 g/mol. The van der Waals surface area contributed by atoms with E-state index < -0.39 is 0 Å². The average molecular weight is 371 g/mol. The second-order valence-corrected chi connectivity index (χ2v) is 6.23. The molecule has 134 valence electrons. The van der Waals surface area contributed by atoms with Gasteiger partial charge in [0.25, 0.3) is 0 Å². The quantitative estimate of drug-likeness (QED) is 0.525. The number of pyridine rings is 1. The molecule has 0 aliphatic heterocycles. The Morgan fingerprint density at radius 1 is 1.15 bits per heavy atom. The maximum Gasteiger partial charge on any atom is 0.337 e. The van der Waals surface area contributed by atoms with Crippen LogP contribution >= 0.6 is 11.6 Å². The van der Waals surface area contributed by atoms with Crippen molar-refractivity contribution in [3.8, 4) is 5.75 Å². The normalized spacial score (nSPS) is 10.6. The summed E-state index contributed by atoms with van der Waals surface area (Å²) in [6, 6.07) is 13.1. The Hall–Kier alpha value is -2.79. The van der Waals surface area contributed by atoms with Crippen LogP contribution in [-0.4, -0.2) is 25.2 Å². The van der Waals surface area contributed by atoms with Crippen LogP contribution in [0.2, 0.25) is 5.15 Å². The molecule has 1 heterocycles. The zero-order valence-electron chi connectivity index (χ0n) is 14.8. The highest BCUT2D eigenvalue weighted by atomic mass is 35.5. The number of anilines is 1. The summed E-state index contributed by atoms with van der Waals surface area (Å²) in [6.07, 6.45) is 0. The van der Waals surface area contributed by atoms with Crippen molar-refractivity contribution in [1.82, 2.24) is 4.98 Å². The predicted molar refractivity (Wildman–Crippen MR) is 103 cm³/mol. The lowest BCUT2D eigenvalue weighted by Crippen LogP contribution is -2.06. The number of esters is 1. The number of carbonyl (C=O) groups is 1.